The second-order valence-electron chi connectivity index (χ2n) is 8.36. The lowest BCUT2D eigenvalue weighted by atomic mass is 9.96. The van der Waals surface area contributed by atoms with E-state index in [1.807, 2.05) is 37.4 Å². The van der Waals surface area contributed by atoms with Crippen molar-refractivity contribution in [3.63, 3.8) is 0 Å². The molecule has 184 valence electrons. The lowest BCUT2D eigenvalue weighted by Crippen LogP contribution is -2.45. The van der Waals surface area contributed by atoms with Gasteiger partial charge < -0.3 is 4.90 Å². The first kappa shape index (κ1) is 25.9. The van der Waals surface area contributed by atoms with Gasteiger partial charge in [0.05, 0.1) is 14.6 Å². The highest BCUT2D eigenvalue weighted by molar-refractivity contribution is 7.98. The van der Waals surface area contributed by atoms with Gasteiger partial charge in [0.1, 0.15) is 4.21 Å². The third-order valence-electron chi connectivity index (χ3n) is 5.80. The van der Waals surface area contributed by atoms with Crippen molar-refractivity contribution in [2.24, 2.45) is 5.92 Å². The van der Waals surface area contributed by atoms with E-state index in [1.165, 1.54) is 21.7 Å². The second-order valence-corrected chi connectivity index (χ2v) is 14.1. The van der Waals surface area contributed by atoms with Gasteiger partial charge >= 0.3 is 0 Å². The summed E-state index contributed by atoms with van der Waals surface area (Å²) in [5.41, 5.74) is 0.885. The van der Waals surface area contributed by atoms with Gasteiger partial charge in [-0.1, -0.05) is 22.9 Å². The number of piperidine rings is 1. The number of fused-ring (bicyclic) bond motifs is 1. The summed E-state index contributed by atoms with van der Waals surface area (Å²) < 4.78 is 29.1. The summed E-state index contributed by atoms with van der Waals surface area (Å²) in [5, 5.41) is 0.698. The van der Waals surface area contributed by atoms with E-state index in [4.69, 9.17) is 16.6 Å². The molecule has 0 N–H and O–H groups in total. The van der Waals surface area contributed by atoms with Gasteiger partial charge in [-0.2, -0.15) is 4.31 Å². The Morgan fingerprint density at radius 3 is 2.53 bits per heavy atom. The first-order chi connectivity index (χ1) is 16.2. The maximum absolute atomic E-state index is 13.6. The fourth-order valence-corrected chi connectivity index (χ4v) is 8.52. The molecule has 0 bridgehead atoms. The molecule has 0 atom stereocenters. The Balaban J connectivity index is 1.51. The molecule has 1 aliphatic rings. The topological polar surface area (TPSA) is 73.8 Å². The minimum atomic E-state index is -3.58. The zero-order chi connectivity index (χ0) is 24.5. The third kappa shape index (κ3) is 5.61. The Labute approximate surface area is 217 Å². The van der Waals surface area contributed by atoms with Crippen molar-refractivity contribution >= 4 is 77.3 Å². The van der Waals surface area contributed by atoms with E-state index in [9.17, 15) is 13.2 Å². The molecule has 34 heavy (non-hydrogen) atoms. The largest absolute Gasteiger partial charge is 0.308 e. The number of hydrogen-bond acceptors (Lipinski definition) is 8. The van der Waals surface area contributed by atoms with Crippen LogP contribution in [0.5, 0.6) is 0 Å². The number of thioether (sulfide) groups is 1. The smallest absolute Gasteiger partial charge is 0.252 e. The van der Waals surface area contributed by atoms with Crippen molar-refractivity contribution in [1.29, 1.82) is 0 Å². The molecule has 1 aliphatic heterocycles. The molecule has 7 nitrogen and oxygen atoms in total. The summed E-state index contributed by atoms with van der Waals surface area (Å²) in [6.07, 6.45) is 3.00. The third-order valence-corrected chi connectivity index (χ3v) is 11.2. The molecule has 0 spiro atoms. The number of halogens is 1. The van der Waals surface area contributed by atoms with Crippen LogP contribution in [0.4, 0.5) is 5.13 Å². The number of benzene rings is 1. The Morgan fingerprint density at radius 1 is 1.18 bits per heavy atom. The first-order valence-electron chi connectivity index (χ1n) is 10.8. The van der Waals surface area contributed by atoms with E-state index >= 15 is 0 Å². The van der Waals surface area contributed by atoms with Crippen LogP contribution in [0.1, 0.15) is 12.8 Å². The maximum Gasteiger partial charge on any atom is 0.252 e. The molecule has 0 radical (unpaired) electrons. The highest BCUT2D eigenvalue weighted by Crippen LogP contribution is 2.34. The molecule has 4 rings (SSSR count). The van der Waals surface area contributed by atoms with Crippen LogP contribution in [0, 0.1) is 5.92 Å². The second kappa shape index (κ2) is 10.8. The van der Waals surface area contributed by atoms with Crippen LogP contribution < -0.4 is 4.90 Å². The molecule has 1 aromatic carbocycles. The summed E-state index contributed by atoms with van der Waals surface area (Å²) in [7, 11) is 0.372. The Morgan fingerprint density at radius 2 is 1.91 bits per heavy atom. The van der Waals surface area contributed by atoms with Gasteiger partial charge in [-0.05, 0) is 63.5 Å². The lowest BCUT2D eigenvalue weighted by Gasteiger charge is -2.33. The quantitative estimate of drug-likeness (QED) is 0.372. The SMILES string of the molecule is CSc1ccc2nc(N(CCN(C)C)C(=O)C3CCN(S(=O)(=O)c4ccc(Cl)s4)CC3)sc2c1. The predicted octanol–water partition coefficient (Wildman–Crippen LogP) is 4.73. The van der Waals surface area contributed by atoms with E-state index in [-0.39, 0.29) is 16.0 Å². The normalized spacial score (nSPS) is 15.9. The number of sulfonamides is 1. The van der Waals surface area contributed by atoms with E-state index in [2.05, 4.69) is 6.07 Å². The molecule has 2 aromatic heterocycles. The van der Waals surface area contributed by atoms with Crippen molar-refractivity contribution in [2.75, 3.05) is 51.4 Å². The standard InChI is InChI=1S/C22H27ClN4O3S4/c1-25(2)12-13-27(22-24-17-5-4-16(31-3)14-18(17)32-22)21(28)15-8-10-26(11-9-15)34(29,30)20-7-6-19(23)33-20/h4-7,14-15H,8-13H2,1-3H3. The van der Waals surface area contributed by atoms with Gasteiger partial charge in [0.25, 0.3) is 10.0 Å². The number of nitrogens with zero attached hydrogens (tertiary/aromatic N) is 4. The van der Waals surface area contributed by atoms with Crippen LogP contribution in [-0.4, -0.2) is 75.0 Å². The molecular weight excluding hydrogens is 532 g/mol. The van der Waals surface area contributed by atoms with Crippen molar-refractivity contribution in [2.45, 2.75) is 21.9 Å². The van der Waals surface area contributed by atoms with Crippen molar-refractivity contribution in [1.82, 2.24) is 14.2 Å². The molecule has 1 amide bonds. The van der Waals surface area contributed by atoms with E-state index in [1.54, 1.807) is 22.7 Å². The van der Waals surface area contributed by atoms with Crippen LogP contribution >= 0.6 is 46.0 Å². The average molecular weight is 559 g/mol. The number of aromatic nitrogens is 1. The first-order valence-corrected chi connectivity index (χ1v) is 15.5. The average Bonchev–Trinajstić information content (AvgIpc) is 3.45. The Kier molecular flexibility index (Phi) is 8.23. The van der Waals surface area contributed by atoms with E-state index in [0.717, 1.165) is 26.4 Å². The number of amides is 1. The van der Waals surface area contributed by atoms with Crippen LogP contribution in [-0.2, 0) is 14.8 Å². The minimum absolute atomic E-state index is 0.0159. The molecular formula is C22H27ClN4O3S4. The van der Waals surface area contributed by atoms with Crippen LogP contribution in [0.25, 0.3) is 10.2 Å². The van der Waals surface area contributed by atoms with Crippen LogP contribution in [0.2, 0.25) is 4.34 Å². The van der Waals surface area contributed by atoms with Crippen molar-refractivity contribution in [3.8, 4) is 0 Å². The molecule has 0 unspecified atom stereocenters. The van der Waals surface area contributed by atoms with E-state index in [0.29, 0.717) is 48.5 Å². The zero-order valence-electron chi connectivity index (χ0n) is 19.2. The summed E-state index contributed by atoms with van der Waals surface area (Å²) in [5.74, 6) is -0.225. The Bertz CT molecular complexity index is 1270. The number of hydrogen-bond donors (Lipinski definition) is 0. The number of thiophene rings is 1. The van der Waals surface area contributed by atoms with Crippen LogP contribution in [0.15, 0.2) is 39.4 Å². The van der Waals surface area contributed by atoms with Gasteiger partial charge in [0.2, 0.25) is 5.91 Å². The number of likely N-dealkylation sites (N-methyl/N-ethyl adjacent to an activating group) is 1. The summed E-state index contributed by atoms with van der Waals surface area (Å²) in [6.45, 7) is 1.87. The highest BCUT2D eigenvalue weighted by atomic mass is 35.5. The van der Waals surface area contributed by atoms with Gasteiger partial charge in [-0.15, -0.1) is 23.1 Å². The molecule has 3 heterocycles. The number of anilines is 1. The minimum Gasteiger partial charge on any atom is -0.308 e. The summed E-state index contributed by atoms with van der Waals surface area (Å²) in [6, 6.07) is 9.28. The van der Waals surface area contributed by atoms with Gasteiger partial charge in [0, 0.05) is 37.0 Å². The van der Waals surface area contributed by atoms with Crippen molar-refractivity contribution in [3.05, 3.63) is 34.7 Å². The van der Waals surface area contributed by atoms with Gasteiger partial charge in [-0.25, -0.2) is 13.4 Å². The lowest BCUT2D eigenvalue weighted by molar-refractivity contribution is -0.123. The zero-order valence-corrected chi connectivity index (χ0v) is 23.3. The Hall–Kier alpha value is -1.21. The molecule has 12 heteroatoms. The van der Waals surface area contributed by atoms with Gasteiger partial charge in [0.15, 0.2) is 5.13 Å². The number of thiazole rings is 1. The molecule has 1 saturated heterocycles. The molecule has 0 aliphatic carbocycles. The fraction of sp³-hybridized carbons (Fsp3) is 0.455. The summed E-state index contributed by atoms with van der Waals surface area (Å²) in [4.78, 5) is 23.4. The van der Waals surface area contributed by atoms with Crippen LogP contribution in [0.3, 0.4) is 0 Å². The molecule has 1 fully saturated rings. The monoisotopic (exact) mass is 558 g/mol. The molecule has 0 saturated carbocycles. The van der Waals surface area contributed by atoms with Crippen molar-refractivity contribution < 1.29 is 13.2 Å². The maximum atomic E-state index is 13.6. The number of rotatable bonds is 8. The predicted molar refractivity (Wildman–Crippen MR) is 143 cm³/mol. The summed E-state index contributed by atoms with van der Waals surface area (Å²) >= 11 is 10.2. The number of carbonyl (C=O) groups is 1. The molecule has 3 aromatic rings. The van der Waals surface area contributed by atoms with Gasteiger partial charge in [-0.3, -0.25) is 9.69 Å². The highest BCUT2D eigenvalue weighted by Gasteiger charge is 2.35. The number of carbonyl (C=O) groups excluding carboxylic acids is 1. The van der Waals surface area contributed by atoms with E-state index < -0.39 is 10.0 Å². The fourth-order valence-electron chi connectivity index (χ4n) is 3.86.